The van der Waals surface area contributed by atoms with Crippen molar-refractivity contribution >= 4 is 28.8 Å². The van der Waals surface area contributed by atoms with Crippen molar-refractivity contribution in [2.45, 2.75) is 6.92 Å². The number of hydrogen-bond acceptors (Lipinski definition) is 3. The second-order valence-corrected chi connectivity index (χ2v) is 4.63. The zero-order valence-corrected chi connectivity index (χ0v) is 11.3. The van der Waals surface area contributed by atoms with E-state index < -0.39 is 0 Å². The maximum Gasteiger partial charge on any atom is 0.145 e. The smallest absolute Gasteiger partial charge is 0.145 e. The van der Waals surface area contributed by atoms with E-state index in [9.17, 15) is 0 Å². The van der Waals surface area contributed by atoms with E-state index in [0.29, 0.717) is 22.2 Å². The van der Waals surface area contributed by atoms with Crippen LogP contribution in [-0.2, 0) is 0 Å². The summed E-state index contributed by atoms with van der Waals surface area (Å²) in [6.07, 6.45) is 1.58. The van der Waals surface area contributed by atoms with Gasteiger partial charge in [-0.2, -0.15) is 0 Å². The molecule has 1 heterocycles. The lowest BCUT2D eigenvalue weighted by Crippen LogP contribution is -2.10. The maximum absolute atomic E-state index is 5.92. The molecule has 0 saturated carbocycles. The van der Waals surface area contributed by atoms with Crippen molar-refractivity contribution in [3.63, 3.8) is 0 Å². The summed E-state index contributed by atoms with van der Waals surface area (Å²) < 4.78 is 5.69. The number of hydrogen-bond donors (Lipinski definition) is 1. The number of rotatable bonds is 3. The Morgan fingerprint density at radius 3 is 2.72 bits per heavy atom. The fourth-order valence-corrected chi connectivity index (χ4v) is 1.68. The Balaban J connectivity index is 2.23. The molecule has 0 spiro atoms. The molecule has 0 aliphatic carbocycles. The Morgan fingerprint density at radius 2 is 2.11 bits per heavy atom. The highest BCUT2D eigenvalue weighted by Crippen LogP contribution is 2.27. The fraction of sp³-hybridized carbons (Fsp3) is 0.0769. The summed E-state index contributed by atoms with van der Waals surface area (Å²) in [6, 6.07) is 8.96. The van der Waals surface area contributed by atoms with Crippen LogP contribution in [-0.4, -0.2) is 9.97 Å². The molecule has 0 radical (unpaired) electrons. The molecule has 0 bridgehead atoms. The van der Waals surface area contributed by atoms with Gasteiger partial charge >= 0.3 is 0 Å². The Labute approximate surface area is 116 Å². The van der Waals surface area contributed by atoms with E-state index in [1.54, 1.807) is 24.4 Å². The van der Waals surface area contributed by atoms with Crippen LogP contribution in [0.25, 0.3) is 0 Å². The molecule has 2 rings (SSSR count). The van der Waals surface area contributed by atoms with E-state index in [1.807, 2.05) is 19.1 Å². The normalized spacial score (nSPS) is 10.1. The molecule has 1 aromatic heterocycles. The van der Waals surface area contributed by atoms with Crippen molar-refractivity contribution in [1.82, 2.24) is 4.98 Å². The topological polar surface area (TPSA) is 48.1 Å². The number of halogens is 1. The second-order valence-electron chi connectivity index (χ2n) is 3.76. The summed E-state index contributed by atoms with van der Waals surface area (Å²) in [7, 11) is 0. The molecule has 92 valence electrons. The van der Waals surface area contributed by atoms with Gasteiger partial charge in [0.1, 0.15) is 16.5 Å². The highest BCUT2D eigenvalue weighted by molar-refractivity contribution is 7.80. The lowest BCUT2D eigenvalue weighted by atomic mass is 10.2. The molecule has 0 fully saturated rings. The molecule has 0 aliphatic heterocycles. The second kappa shape index (κ2) is 5.33. The van der Waals surface area contributed by atoms with Gasteiger partial charge in [0.05, 0.1) is 11.9 Å². The van der Waals surface area contributed by atoms with E-state index in [1.165, 1.54) is 0 Å². The van der Waals surface area contributed by atoms with Gasteiger partial charge in [0.25, 0.3) is 0 Å². The summed E-state index contributed by atoms with van der Waals surface area (Å²) in [5, 5.41) is 0.628. The molecular formula is C13H11ClN2OS. The Bertz CT molecular complexity index is 584. The number of ether oxygens (including phenoxy) is 1. The largest absolute Gasteiger partial charge is 0.455 e. The molecule has 2 aromatic rings. The molecule has 5 heteroatoms. The number of thiocarbonyl (C=S) groups is 1. The van der Waals surface area contributed by atoms with Crippen LogP contribution < -0.4 is 10.5 Å². The number of aromatic nitrogens is 1. The summed E-state index contributed by atoms with van der Waals surface area (Å²) in [4.78, 5) is 4.37. The average Bonchev–Trinajstić information content (AvgIpc) is 2.34. The van der Waals surface area contributed by atoms with Gasteiger partial charge in [-0.1, -0.05) is 29.9 Å². The molecule has 2 N–H and O–H groups in total. The number of aryl methyl sites for hydroxylation is 1. The molecule has 0 saturated heterocycles. The monoisotopic (exact) mass is 278 g/mol. The van der Waals surface area contributed by atoms with Crippen LogP contribution in [0, 0.1) is 6.92 Å². The van der Waals surface area contributed by atoms with Crippen LogP contribution in [0.1, 0.15) is 11.3 Å². The van der Waals surface area contributed by atoms with Crippen LogP contribution >= 0.6 is 23.8 Å². The number of pyridine rings is 1. The molecular weight excluding hydrogens is 268 g/mol. The van der Waals surface area contributed by atoms with Crippen molar-refractivity contribution in [1.29, 1.82) is 0 Å². The molecule has 0 amide bonds. The van der Waals surface area contributed by atoms with E-state index in [4.69, 9.17) is 34.3 Å². The summed E-state index contributed by atoms with van der Waals surface area (Å²) in [5.41, 5.74) is 7.04. The van der Waals surface area contributed by atoms with Crippen LogP contribution in [0.3, 0.4) is 0 Å². The third-order valence-electron chi connectivity index (χ3n) is 2.37. The van der Waals surface area contributed by atoms with Gasteiger partial charge in [-0.3, -0.25) is 0 Å². The minimum atomic E-state index is 0.264. The minimum Gasteiger partial charge on any atom is -0.455 e. The summed E-state index contributed by atoms with van der Waals surface area (Å²) in [5.74, 6) is 1.31. The first-order valence-corrected chi connectivity index (χ1v) is 6.05. The Kier molecular flexibility index (Phi) is 3.79. The van der Waals surface area contributed by atoms with E-state index >= 15 is 0 Å². The van der Waals surface area contributed by atoms with Gasteiger partial charge in [0.15, 0.2) is 0 Å². The van der Waals surface area contributed by atoms with Gasteiger partial charge in [0, 0.05) is 5.02 Å². The molecule has 18 heavy (non-hydrogen) atoms. The summed E-state index contributed by atoms with van der Waals surface area (Å²) >= 11 is 10.8. The SMILES string of the molecule is Cc1ccc(Cl)cc1Oc1ccc(C(N)=S)nc1. The number of benzene rings is 1. The van der Waals surface area contributed by atoms with Gasteiger partial charge < -0.3 is 10.5 Å². The van der Waals surface area contributed by atoms with Crippen molar-refractivity contribution < 1.29 is 4.74 Å². The predicted molar refractivity (Wildman–Crippen MR) is 76.4 cm³/mol. The van der Waals surface area contributed by atoms with Crippen LogP contribution in [0.4, 0.5) is 0 Å². The standard InChI is InChI=1S/C13H11ClN2OS/c1-8-2-3-9(14)6-12(8)17-10-4-5-11(13(15)18)16-7-10/h2-7H,1H3,(H2,15,18). The lowest BCUT2D eigenvalue weighted by Gasteiger charge is -2.09. The molecule has 3 nitrogen and oxygen atoms in total. The Hall–Kier alpha value is -1.65. The third kappa shape index (κ3) is 2.97. The number of nitrogens with zero attached hydrogens (tertiary/aromatic N) is 1. The van der Waals surface area contributed by atoms with Crippen molar-refractivity contribution in [3.05, 3.63) is 52.8 Å². The van der Waals surface area contributed by atoms with Gasteiger partial charge in [-0.15, -0.1) is 0 Å². The first kappa shape index (κ1) is 12.8. The third-order valence-corrected chi connectivity index (χ3v) is 2.81. The Morgan fingerprint density at radius 1 is 1.33 bits per heavy atom. The first-order chi connectivity index (χ1) is 8.56. The highest BCUT2D eigenvalue weighted by Gasteiger charge is 2.04. The van der Waals surface area contributed by atoms with Crippen LogP contribution in [0.5, 0.6) is 11.5 Å². The fourth-order valence-electron chi connectivity index (χ4n) is 1.40. The predicted octanol–water partition coefficient (Wildman–Crippen LogP) is 3.47. The maximum atomic E-state index is 5.92. The molecule has 0 aliphatic rings. The van der Waals surface area contributed by atoms with Crippen molar-refractivity contribution in [3.8, 4) is 11.5 Å². The van der Waals surface area contributed by atoms with Crippen molar-refractivity contribution in [2.75, 3.05) is 0 Å². The molecule has 0 unspecified atom stereocenters. The first-order valence-electron chi connectivity index (χ1n) is 5.26. The van der Waals surface area contributed by atoms with E-state index in [0.717, 1.165) is 5.56 Å². The summed E-state index contributed by atoms with van der Waals surface area (Å²) in [6.45, 7) is 1.95. The van der Waals surface area contributed by atoms with Crippen molar-refractivity contribution in [2.24, 2.45) is 5.73 Å². The minimum absolute atomic E-state index is 0.264. The van der Waals surface area contributed by atoms with Gasteiger partial charge in [-0.25, -0.2) is 4.98 Å². The van der Waals surface area contributed by atoms with Crippen LogP contribution in [0.2, 0.25) is 5.02 Å². The quantitative estimate of drug-likeness (QED) is 0.874. The van der Waals surface area contributed by atoms with E-state index in [-0.39, 0.29) is 4.99 Å². The zero-order valence-electron chi connectivity index (χ0n) is 9.68. The van der Waals surface area contributed by atoms with Crippen LogP contribution in [0.15, 0.2) is 36.5 Å². The zero-order chi connectivity index (χ0) is 13.1. The average molecular weight is 279 g/mol. The highest BCUT2D eigenvalue weighted by atomic mass is 35.5. The number of nitrogens with two attached hydrogens (primary N) is 1. The van der Waals surface area contributed by atoms with Gasteiger partial charge in [-0.05, 0) is 36.8 Å². The molecule has 1 aromatic carbocycles. The van der Waals surface area contributed by atoms with Gasteiger partial charge in [0.2, 0.25) is 0 Å². The molecule has 0 atom stereocenters. The lowest BCUT2D eigenvalue weighted by molar-refractivity contribution is 0.476. The van der Waals surface area contributed by atoms with E-state index in [2.05, 4.69) is 4.98 Å².